The topological polar surface area (TPSA) is 0 Å². The zero-order chi connectivity index (χ0) is 10.6. The van der Waals surface area contributed by atoms with Crippen molar-refractivity contribution in [2.24, 2.45) is 0 Å². The third-order valence-corrected chi connectivity index (χ3v) is 2.99. The first kappa shape index (κ1) is 14.2. The molecular formula is C15H26. The zero-order valence-corrected chi connectivity index (χ0v) is 9.93. The van der Waals surface area contributed by atoms with Crippen LogP contribution in [0.3, 0.4) is 0 Å². The Morgan fingerprint density at radius 2 is 1.87 bits per heavy atom. The molecule has 0 aromatic heterocycles. The van der Waals surface area contributed by atoms with Gasteiger partial charge in [-0.25, -0.2) is 0 Å². The van der Waals surface area contributed by atoms with Crippen LogP contribution in [-0.4, -0.2) is 0 Å². The molecule has 1 aliphatic rings. The maximum Gasteiger partial charge on any atom is -0.0185 e. The lowest BCUT2D eigenvalue weighted by atomic mass is 9.82. The molecule has 2 rings (SSSR count). The number of hydrogen-bond donors (Lipinski definition) is 0. The summed E-state index contributed by atoms with van der Waals surface area (Å²) in [5.41, 5.74) is 4.71. The highest BCUT2D eigenvalue weighted by Gasteiger charge is 2.17. The van der Waals surface area contributed by atoms with E-state index in [4.69, 9.17) is 0 Å². The lowest BCUT2D eigenvalue weighted by Crippen LogP contribution is -2.08. The van der Waals surface area contributed by atoms with Gasteiger partial charge in [-0.15, -0.1) is 0 Å². The minimum Gasteiger partial charge on any atom is -0.0776 e. The van der Waals surface area contributed by atoms with Crippen LogP contribution in [-0.2, 0) is 6.42 Å². The first-order valence-electron chi connectivity index (χ1n) is 5.87. The van der Waals surface area contributed by atoms with E-state index in [0.29, 0.717) is 0 Å². The molecule has 86 valence electrons. The fourth-order valence-corrected chi connectivity index (χ4v) is 2.41. The lowest BCUT2D eigenvalue weighted by Gasteiger charge is -2.24. The Hall–Kier alpha value is -0.780. The Morgan fingerprint density at radius 1 is 1.20 bits per heavy atom. The minimum atomic E-state index is 0. The van der Waals surface area contributed by atoms with E-state index >= 15 is 0 Å². The van der Waals surface area contributed by atoms with Crippen molar-refractivity contribution in [3.8, 4) is 0 Å². The van der Waals surface area contributed by atoms with E-state index in [1.807, 2.05) is 13.8 Å². The van der Waals surface area contributed by atoms with Crippen molar-refractivity contribution >= 4 is 0 Å². The van der Waals surface area contributed by atoms with Crippen molar-refractivity contribution in [1.82, 2.24) is 0 Å². The van der Waals surface area contributed by atoms with Crippen molar-refractivity contribution in [3.05, 3.63) is 34.9 Å². The van der Waals surface area contributed by atoms with E-state index in [-0.39, 0.29) is 7.43 Å². The van der Waals surface area contributed by atoms with Crippen LogP contribution in [0, 0.1) is 6.92 Å². The van der Waals surface area contributed by atoms with Gasteiger partial charge in [0.1, 0.15) is 0 Å². The van der Waals surface area contributed by atoms with Crippen LogP contribution in [0.5, 0.6) is 0 Å². The number of hydrogen-bond acceptors (Lipinski definition) is 0. The molecule has 0 aliphatic heterocycles. The van der Waals surface area contributed by atoms with Crippen LogP contribution in [0.2, 0.25) is 0 Å². The van der Waals surface area contributed by atoms with Gasteiger partial charge in [0, 0.05) is 0 Å². The summed E-state index contributed by atoms with van der Waals surface area (Å²) >= 11 is 0. The summed E-state index contributed by atoms with van der Waals surface area (Å²) in [5, 5.41) is 0. The second-order valence-electron chi connectivity index (χ2n) is 3.94. The van der Waals surface area contributed by atoms with Crippen molar-refractivity contribution in [1.29, 1.82) is 0 Å². The van der Waals surface area contributed by atoms with Crippen molar-refractivity contribution < 1.29 is 0 Å². The summed E-state index contributed by atoms with van der Waals surface area (Å²) in [6, 6.07) is 6.71. The van der Waals surface area contributed by atoms with E-state index in [1.165, 1.54) is 24.8 Å². The van der Waals surface area contributed by atoms with Crippen LogP contribution in [0.4, 0.5) is 0 Å². The Morgan fingerprint density at radius 3 is 2.47 bits per heavy atom. The molecule has 1 aromatic rings. The van der Waals surface area contributed by atoms with E-state index in [1.54, 1.807) is 11.1 Å². The van der Waals surface area contributed by atoms with Gasteiger partial charge in [0.05, 0.1) is 0 Å². The van der Waals surface area contributed by atoms with Crippen LogP contribution < -0.4 is 0 Å². The second kappa shape index (κ2) is 6.66. The van der Waals surface area contributed by atoms with Gasteiger partial charge in [0.25, 0.3) is 0 Å². The summed E-state index contributed by atoms with van der Waals surface area (Å²) in [5.74, 6) is 0.787. The van der Waals surface area contributed by atoms with Crippen LogP contribution in [0.25, 0.3) is 0 Å². The summed E-state index contributed by atoms with van der Waals surface area (Å²) in [7, 11) is 0. The van der Waals surface area contributed by atoms with Gasteiger partial charge < -0.3 is 0 Å². The fraction of sp³-hybridized carbons (Fsp3) is 0.600. The molecule has 0 heteroatoms. The van der Waals surface area contributed by atoms with Crippen LogP contribution >= 0.6 is 0 Å². The van der Waals surface area contributed by atoms with Gasteiger partial charge >= 0.3 is 0 Å². The largest absolute Gasteiger partial charge is 0.0776 e. The van der Waals surface area contributed by atoms with Gasteiger partial charge in [0.15, 0.2) is 0 Å². The van der Waals surface area contributed by atoms with Gasteiger partial charge in [-0.3, -0.25) is 0 Å². The summed E-state index contributed by atoms with van der Waals surface area (Å²) in [6.45, 7) is 8.59. The second-order valence-corrected chi connectivity index (χ2v) is 3.94. The number of fused-ring (bicyclic) bond motifs is 1. The molecule has 0 fully saturated rings. The standard InChI is InChI=1S/C12H16.C2H6.CH4/c1-9-5-3-7-11-8-4-6-10(2)12(9)11;1-2;/h3,5,7,10H,4,6,8H2,1-2H3;1-2H3;1H4. The van der Waals surface area contributed by atoms with Gasteiger partial charge in [-0.2, -0.15) is 0 Å². The molecule has 0 heterocycles. The molecular weight excluding hydrogens is 180 g/mol. The first-order chi connectivity index (χ1) is 6.79. The quantitative estimate of drug-likeness (QED) is 0.554. The third-order valence-electron chi connectivity index (χ3n) is 2.99. The summed E-state index contributed by atoms with van der Waals surface area (Å²) < 4.78 is 0. The monoisotopic (exact) mass is 206 g/mol. The summed E-state index contributed by atoms with van der Waals surface area (Å²) in [6.07, 6.45) is 4.04. The molecule has 1 aliphatic carbocycles. The smallest absolute Gasteiger partial charge is 0.0185 e. The molecule has 0 nitrogen and oxygen atoms in total. The highest BCUT2D eigenvalue weighted by molar-refractivity contribution is 5.38. The zero-order valence-electron chi connectivity index (χ0n) is 9.93. The molecule has 15 heavy (non-hydrogen) atoms. The predicted octanol–water partition coefficient (Wildman–Crippen LogP) is 5.10. The molecule has 0 radical (unpaired) electrons. The van der Waals surface area contributed by atoms with Crippen molar-refractivity contribution in [2.45, 2.75) is 60.3 Å². The number of aryl methyl sites for hydroxylation is 2. The number of benzene rings is 1. The normalized spacial score (nSPS) is 18.0. The highest BCUT2D eigenvalue weighted by Crippen LogP contribution is 2.32. The maximum absolute atomic E-state index is 2.35. The lowest BCUT2D eigenvalue weighted by molar-refractivity contribution is 0.587. The fourth-order valence-electron chi connectivity index (χ4n) is 2.41. The maximum atomic E-state index is 2.35. The Bertz CT molecular complexity index is 286. The van der Waals surface area contributed by atoms with E-state index in [2.05, 4.69) is 32.0 Å². The van der Waals surface area contributed by atoms with E-state index in [9.17, 15) is 0 Å². The highest BCUT2D eigenvalue weighted by atomic mass is 14.2. The molecule has 0 saturated heterocycles. The molecule has 1 atom stereocenters. The Balaban J connectivity index is 0.000000617. The van der Waals surface area contributed by atoms with Gasteiger partial charge in [0.2, 0.25) is 0 Å². The van der Waals surface area contributed by atoms with Crippen molar-refractivity contribution in [3.63, 3.8) is 0 Å². The molecule has 0 amide bonds. The molecule has 0 bridgehead atoms. The molecule has 0 spiro atoms. The molecule has 1 aromatic carbocycles. The Labute approximate surface area is 95.7 Å². The molecule has 0 saturated carbocycles. The average molecular weight is 206 g/mol. The Kier molecular flexibility index (Phi) is 6.31. The van der Waals surface area contributed by atoms with E-state index < -0.39 is 0 Å². The minimum absolute atomic E-state index is 0. The summed E-state index contributed by atoms with van der Waals surface area (Å²) in [4.78, 5) is 0. The van der Waals surface area contributed by atoms with Crippen molar-refractivity contribution in [2.75, 3.05) is 0 Å². The average Bonchev–Trinajstić information content (AvgIpc) is 2.21. The third kappa shape index (κ3) is 3.09. The SMILES string of the molecule is C.CC.Cc1cccc2c1C(C)CCC2. The van der Waals surface area contributed by atoms with Gasteiger partial charge in [-0.1, -0.05) is 46.4 Å². The van der Waals surface area contributed by atoms with Crippen LogP contribution in [0.1, 0.15) is 63.6 Å². The van der Waals surface area contributed by atoms with E-state index in [0.717, 1.165) is 5.92 Å². The molecule has 0 N–H and O–H groups in total. The first-order valence-corrected chi connectivity index (χ1v) is 5.87. The molecule has 1 unspecified atom stereocenters. The van der Waals surface area contributed by atoms with Gasteiger partial charge in [-0.05, 0) is 48.8 Å². The van der Waals surface area contributed by atoms with Crippen LogP contribution in [0.15, 0.2) is 18.2 Å². The number of rotatable bonds is 0. The predicted molar refractivity (Wildman–Crippen MR) is 70.6 cm³/mol.